The molecule has 0 radical (unpaired) electrons. The number of carbonyl (C=O) groups is 2. The first kappa shape index (κ1) is 25.8. The van der Waals surface area contributed by atoms with Crippen molar-refractivity contribution < 1.29 is 28.9 Å². The number of methoxy groups -OCH3 is 1. The Balaban J connectivity index is 1.85. The fourth-order valence-electron chi connectivity index (χ4n) is 4.32. The molecule has 192 valence electrons. The lowest BCUT2D eigenvalue weighted by molar-refractivity contribution is -0.140. The lowest BCUT2D eigenvalue weighted by Crippen LogP contribution is -2.29. The highest BCUT2D eigenvalue weighted by Crippen LogP contribution is 2.43. The van der Waals surface area contributed by atoms with Crippen LogP contribution in [-0.2, 0) is 16.1 Å². The van der Waals surface area contributed by atoms with Gasteiger partial charge in [-0.3, -0.25) is 14.6 Å². The number of pyridine rings is 1. The van der Waals surface area contributed by atoms with Gasteiger partial charge in [-0.2, -0.15) is 0 Å². The average Bonchev–Trinajstić information content (AvgIpc) is 3.17. The molecule has 2 heterocycles. The summed E-state index contributed by atoms with van der Waals surface area (Å²) in [5, 5.41) is 11.4. The van der Waals surface area contributed by atoms with E-state index < -0.39 is 17.7 Å². The Morgan fingerprint density at radius 2 is 1.86 bits per heavy atom. The first-order valence-corrected chi connectivity index (χ1v) is 12.2. The highest BCUT2D eigenvalue weighted by Gasteiger charge is 2.46. The van der Waals surface area contributed by atoms with Gasteiger partial charge in [-0.1, -0.05) is 31.2 Å². The fourth-order valence-corrected chi connectivity index (χ4v) is 4.32. The molecule has 1 saturated heterocycles. The summed E-state index contributed by atoms with van der Waals surface area (Å²) >= 11 is 0. The molecule has 0 bridgehead atoms. The Morgan fingerprint density at radius 3 is 2.57 bits per heavy atom. The quantitative estimate of drug-likeness (QED) is 0.239. The zero-order valence-electron chi connectivity index (χ0n) is 21.1. The summed E-state index contributed by atoms with van der Waals surface area (Å²) in [5.74, 6) is -0.178. The van der Waals surface area contributed by atoms with Crippen molar-refractivity contribution in [2.45, 2.75) is 32.9 Å². The molecule has 0 saturated carbocycles. The molecule has 0 spiro atoms. The first-order chi connectivity index (χ1) is 18.0. The smallest absolute Gasteiger partial charge is 0.295 e. The van der Waals surface area contributed by atoms with Crippen molar-refractivity contribution in [3.05, 3.63) is 89.3 Å². The number of benzene rings is 2. The number of hydrogen-bond donors (Lipinski definition) is 1. The number of aromatic nitrogens is 1. The second-order valence-electron chi connectivity index (χ2n) is 8.51. The zero-order chi connectivity index (χ0) is 26.4. The molecule has 1 amide bonds. The molecule has 37 heavy (non-hydrogen) atoms. The van der Waals surface area contributed by atoms with Crippen molar-refractivity contribution in [1.82, 2.24) is 9.88 Å². The van der Waals surface area contributed by atoms with Crippen LogP contribution in [0.2, 0.25) is 0 Å². The standard InChI is InChI=1S/C29H30N2O6/c1-4-14-37-22-10-6-9-21(15-22)27(32)25-26(20-11-12-23(36-5-2)24(16-20)35-3)31(29(34)28(25)33)18-19-8-7-13-30-17-19/h6-13,15-17,26,32H,4-5,14,18H2,1-3H3/b27-25+. The lowest BCUT2D eigenvalue weighted by Gasteiger charge is -2.26. The summed E-state index contributed by atoms with van der Waals surface area (Å²) in [7, 11) is 1.52. The summed E-state index contributed by atoms with van der Waals surface area (Å²) in [6, 6.07) is 14.8. The molecule has 1 N–H and O–H groups in total. The topological polar surface area (TPSA) is 98.2 Å². The molecule has 1 aliphatic heterocycles. The molecule has 1 unspecified atom stereocenters. The van der Waals surface area contributed by atoms with Crippen LogP contribution in [0, 0.1) is 0 Å². The molecular weight excluding hydrogens is 472 g/mol. The van der Waals surface area contributed by atoms with E-state index in [1.165, 1.54) is 12.0 Å². The van der Waals surface area contributed by atoms with Crippen LogP contribution in [0.15, 0.2) is 72.6 Å². The van der Waals surface area contributed by atoms with Crippen molar-refractivity contribution in [3.8, 4) is 17.2 Å². The van der Waals surface area contributed by atoms with Gasteiger partial charge >= 0.3 is 0 Å². The number of ketones is 1. The highest BCUT2D eigenvalue weighted by atomic mass is 16.5. The van der Waals surface area contributed by atoms with Crippen LogP contribution in [0.4, 0.5) is 0 Å². The second-order valence-corrected chi connectivity index (χ2v) is 8.51. The fraction of sp³-hybridized carbons (Fsp3) is 0.276. The number of nitrogens with zero attached hydrogens (tertiary/aromatic N) is 2. The van der Waals surface area contributed by atoms with Crippen LogP contribution < -0.4 is 14.2 Å². The number of hydrogen-bond acceptors (Lipinski definition) is 7. The van der Waals surface area contributed by atoms with Gasteiger partial charge in [0.2, 0.25) is 0 Å². The SMILES string of the molecule is CCCOc1cccc(/C(O)=C2\C(=O)C(=O)N(Cc3cccnc3)C2c2ccc(OCC)c(OC)c2)c1. The van der Waals surface area contributed by atoms with Crippen LogP contribution >= 0.6 is 0 Å². The normalized spacial score (nSPS) is 16.6. The van der Waals surface area contributed by atoms with E-state index in [4.69, 9.17) is 14.2 Å². The first-order valence-electron chi connectivity index (χ1n) is 12.2. The van der Waals surface area contributed by atoms with Gasteiger partial charge in [-0.25, -0.2) is 0 Å². The Kier molecular flexibility index (Phi) is 8.08. The zero-order valence-corrected chi connectivity index (χ0v) is 21.1. The minimum Gasteiger partial charge on any atom is -0.507 e. The Bertz CT molecular complexity index is 1300. The number of Topliss-reactive ketones (excluding diaryl/α,β-unsaturated/α-hetero) is 1. The molecule has 0 aliphatic carbocycles. The summed E-state index contributed by atoms with van der Waals surface area (Å²) < 4.78 is 16.9. The van der Waals surface area contributed by atoms with Gasteiger partial charge in [0.1, 0.15) is 11.5 Å². The third kappa shape index (κ3) is 5.43. The minimum atomic E-state index is -0.856. The second kappa shape index (κ2) is 11.6. The van der Waals surface area contributed by atoms with Crippen molar-refractivity contribution in [2.75, 3.05) is 20.3 Å². The van der Waals surface area contributed by atoms with Crippen molar-refractivity contribution in [3.63, 3.8) is 0 Å². The van der Waals surface area contributed by atoms with E-state index in [1.54, 1.807) is 60.9 Å². The van der Waals surface area contributed by atoms with E-state index in [2.05, 4.69) is 4.98 Å². The average molecular weight is 503 g/mol. The third-order valence-electron chi connectivity index (χ3n) is 6.00. The predicted octanol–water partition coefficient (Wildman–Crippen LogP) is 4.90. The van der Waals surface area contributed by atoms with Gasteiger partial charge < -0.3 is 24.2 Å². The molecule has 1 atom stereocenters. The number of carbonyl (C=O) groups excluding carboxylic acids is 2. The van der Waals surface area contributed by atoms with E-state index in [1.807, 2.05) is 19.9 Å². The Hall–Kier alpha value is -4.33. The summed E-state index contributed by atoms with van der Waals surface area (Å²) in [6.07, 6.45) is 4.11. The molecule has 8 nitrogen and oxygen atoms in total. The number of ether oxygens (including phenoxy) is 3. The Labute approximate surface area is 216 Å². The molecule has 1 aromatic heterocycles. The van der Waals surface area contributed by atoms with Crippen LogP contribution in [0.25, 0.3) is 5.76 Å². The van der Waals surface area contributed by atoms with E-state index in [9.17, 15) is 14.7 Å². The van der Waals surface area contributed by atoms with Crippen molar-refractivity contribution in [2.24, 2.45) is 0 Å². The maximum atomic E-state index is 13.4. The van der Waals surface area contributed by atoms with Crippen LogP contribution in [0.5, 0.6) is 17.2 Å². The van der Waals surface area contributed by atoms with Gasteiger partial charge in [0, 0.05) is 24.5 Å². The molecule has 2 aromatic carbocycles. The number of likely N-dealkylation sites (tertiary alicyclic amines) is 1. The van der Waals surface area contributed by atoms with Gasteiger partial charge in [0.25, 0.3) is 11.7 Å². The highest BCUT2D eigenvalue weighted by molar-refractivity contribution is 6.46. The summed E-state index contributed by atoms with van der Waals surface area (Å²) in [6.45, 7) is 4.97. The monoisotopic (exact) mass is 502 g/mol. The number of amides is 1. The van der Waals surface area contributed by atoms with Gasteiger partial charge in [-0.15, -0.1) is 0 Å². The van der Waals surface area contributed by atoms with Gasteiger partial charge in [-0.05, 0) is 54.8 Å². The maximum absolute atomic E-state index is 13.4. The van der Waals surface area contributed by atoms with E-state index in [-0.39, 0.29) is 17.9 Å². The van der Waals surface area contributed by atoms with Crippen LogP contribution in [0.1, 0.15) is 43.0 Å². The van der Waals surface area contributed by atoms with E-state index >= 15 is 0 Å². The van der Waals surface area contributed by atoms with Crippen molar-refractivity contribution >= 4 is 17.4 Å². The molecule has 8 heteroatoms. The van der Waals surface area contributed by atoms with Gasteiger partial charge in [0.15, 0.2) is 11.5 Å². The van der Waals surface area contributed by atoms with E-state index in [0.29, 0.717) is 41.6 Å². The van der Waals surface area contributed by atoms with Crippen LogP contribution in [0.3, 0.4) is 0 Å². The van der Waals surface area contributed by atoms with Gasteiger partial charge in [0.05, 0.1) is 31.9 Å². The number of aliphatic hydroxyl groups excluding tert-OH is 1. The lowest BCUT2D eigenvalue weighted by atomic mass is 9.94. The number of rotatable bonds is 10. The molecule has 4 rings (SSSR count). The molecular formula is C29H30N2O6. The van der Waals surface area contributed by atoms with E-state index in [0.717, 1.165) is 12.0 Å². The minimum absolute atomic E-state index is 0.00672. The maximum Gasteiger partial charge on any atom is 0.295 e. The van der Waals surface area contributed by atoms with Crippen molar-refractivity contribution in [1.29, 1.82) is 0 Å². The number of aliphatic hydroxyl groups is 1. The predicted molar refractivity (Wildman–Crippen MR) is 138 cm³/mol. The third-order valence-corrected chi connectivity index (χ3v) is 6.00. The Morgan fingerprint density at radius 1 is 1.03 bits per heavy atom. The molecule has 1 aliphatic rings. The molecule has 3 aromatic rings. The summed E-state index contributed by atoms with van der Waals surface area (Å²) in [4.78, 5) is 32.2. The van der Waals surface area contributed by atoms with Crippen LogP contribution in [-0.4, -0.2) is 47.0 Å². The molecule has 1 fully saturated rings. The largest absolute Gasteiger partial charge is 0.507 e. The summed E-state index contributed by atoms with van der Waals surface area (Å²) in [5.41, 5.74) is 1.73.